The second kappa shape index (κ2) is 6.70. The van der Waals surface area contributed by atoms with Gasteiger partial charge in [-0.1, -0.05) is 36.8 Å². The van der Waals surface area contributed by atoms with Gasteiger partial charge in [-0.15, -0.1) is 0 Å². The molecule has 1 nitrogen and oxygen atoms in total. The Labute approximate surface area is 98.8 Å². The fourth-order valence-corrected chi connectivity index (χ4v) is 2.15. The fourth-order valence-electron chi connectivity index (χ4n) is 2.15. The number of rotatable bonds is 5. The average molecular weight is 216 g/mol. The first-order valence-electron chi connectivity index (χ1n) is 6.31. The largest absolute Gasteiger partial charge is 0.378 e. The average Bonchev–Trinajstić information content (AvgIpc) is 2.37. The Morgan fingerprint density at radius 3 is 2.81 bits per heavy atom. The number of ether oxygens (including phenoxy) is 1. The van der Waals surface area contributed by atoms with Crippen LogP contribution in [-0.4, -0.2) is 12.7 Å². The summed E-state index contributed by atoms with van der Waals surface area (Å²) in [7, 11) is 0. The summed E-state index contributed by atoms with van der Waals surface area (Å²) in [6.07, 6.45) is 10.8. The molecule has 0 aliphatic carbocycles. The van der Waals surface area contributed by atoms with Crippen LogP contribution in [0.3, 0.4) is 0 Å². The van der Waals surface area contributed by atoms with Crippen molar-refractivity contribution in [1.82, 2.24) is 0 Å². The van der Waals surface area contributed by atoms with E-state index in [0.29, 0.717) is 6.10 Å². The Hall–Kier alpha value is -0.820. The van der Waals surface area contributed by atoms with E-state index in [9.17, 15) is 0 Å². The van der Waals surface area contributed by atoms with Crippen LogP contribution in [0.25, 0.3) is 0 Å². The summed E-state index contributed by atoms with van der Waals surface area (Å²) < 4.78 is 5.67. The standard InChI is InChI=1S/C15H20O/c1-2-8-14(9-3-1)10-4-5-11-15-12-6-7-13-16-15/h1-3,8-9,15H,4-5,7,10-13H2. The zero-order valence-corrected chi connectivity index (χ0v) is 9.82. The SMILES string of the molecule is [C]1CCOC(CCCCc2ccccc2)C1. The van der Waals surface area contributed by atoms with Crippen molar-refractivity contribution in [1.29, 1.82) is 0 Å². The molecule has 0 spiro atoms. The van der Waals surface area contributed by atoms with Crippen molar-refractivity contribution in [3.8, 4) is 0 Å². The third kappa shape index (κ3) is 3.97. The Bertz CT molecular complexity index is 275. The molecule has 1 fully saturated rings. The summed E-state index contributed by atoms with van der Waals surface area (Å²) in [5, 5.41) is 0. The molecule has 1 aliphatic rings. The predicted octanol–water partition coefficient (Wildman–Crippen LogP) is 3.66. The Kier molecular flexibility index (Phi) is 4.88. The predicted molar refractivity (Wildman–Crippen MR) is 66.2 cm³/mol. The van der Waals surface area contributed by atoms with Crippen LogP contribution in [0.15, 0.2) is 30.3 Å². The molecule has 0 amide bonds. The van der Waals surface area contributed by atoms with Gasteiger partial charge in [0.2, 0.25) is 0 Å². The van der Waals surface area contributed by atoms with Crippen molar-refractivity contribution in [2.75, 3.05) is 6.61 Å². The Morgan fingerprint density at radius 1 is 1.19 bits per heavy atom. The van der Waals surface area contributed by atoms with Crippen LogP contribution in [0, 0.1) is 6.42 Å². The molecule has 1 atom stereocenters. The first-order chi connectivity index (χ1) is 7.95. The van der Waals surface area contributed by atoms with Gasteiger partial charge >= 0.3 is 0 Å². The number of unbranched alkanes of at least 4 members (excludes halogenated alkanes) is 1. The zero-order chi connectivity index (χ0) is 11.1. The zero-order valence-electron chi connectivity index (χ0n) is 9.82. The van der Waals surface area contributed by atoms with Gasteiger partial charge in [0, 0.05) is 6.61 Å². The van der Waals surface area contributed by atoms with E-state index in [-0.39, 0.29) is 0 Å². The number of hydrogen-bond donors (Lipinski definition) is 0. The third-order valence-corrected chi connectivity index (χ3v) is 3.09. The summed E-state index contributed by atoms with van der Waals surface area (Å²) in [5.74, 6) is 0. The lowest BCUT2D eigenvalue weighted by Crippen LogP contribution is -2.19. The van der Waals surface area contributed by atoms with Crippen molar-refractivity contribution in [2.45, 2.75) is 44.6 Å². The topological polar surface area (TPSA) is 9.23 Å². The molecule has 0 saturated carbocycles. The minimum Gasteiger partial charge on any atom is -0.378 e. The van der Waals surface area contributed by atoms with Crippen LogP contribution in [0.5, 0.6) is 0 Å². The van der Waals surface area contributed by atoms with Crippen LogP contribution in [0.1, 0.15) is 37.7 Å². The maximum absolute atomic E-state index is 5.67. The lowest BCUT2D eigenvalue weighted by atomic mass is 10.0. The van der Waals surface area contributed by atoms with Gasteiger partial charge in [-0.3, -0.25) is 0 Å². The number of benzene rings is 1. The minimum atomic E-state index is 0.449. The highest BCUT2D eigenvalue weighted by atomic mass is 16.5. The van der Waals surface area contributed by atoms with Crippen molar-refractivity contribution in [2.24, 2.45) is 0 Å². The molecular weight excluding hydrogens is 196 g/mol. The van der Waals surface area contributed by atoms with Gasteiger partial charge in [-0.05, 0) is 44.1 Å². The summed E-state index contributed by atoms with van der Waals surface area (Å²) in [6.45, 7) is 0.878. The summed E-state index contributed by atoms with van der Waals surface area (Å²) >= 11 is 0. The highest BCUT2D eigenvalue weighted by molar-refractivity contribution is 5.14. The molecule has 1 aromatic carbocycles. The van der Waals surface area contributed by atoms with Crippen molar-refractivity contribution < 1.29 is 4.74 Å². The van der Waals surface area contributed by atoms with Crippen LogP contribution >= 0.6 is 0 Å². The van der Waals surface area contributed by atoms with E-state index >= 15 is 0 Å². The molecule has 1 heterocycles. The second-order valence-corrected chi connectivity index (χ2v) is 4.43. The second-order valence-electron chi connectivity index (χ2n) is 4.43. The van der Waals surface area contributed by atoms with E-state index in [1.807, 2.05) is 0 Å². The van der Waals surface area contributed by atoms with E-state index < -0.39 is 0 Å². The first-order valence-corrected chi connectivity index (χ1v) is 6.31. The molecule has 0 N–H and O–H groups in total. The molecular formula is C15H20O. The number of aryl methyl sites for hydroxylation is 1. The van der Waals surface area contributed by atoms with E-state index in [2.05, 4.69) is 36.8 Å². The summed E-state index contributed by atoms with van der Waals surface area (Å²) in [6, 6.07) is 10.7. The van der Waals surface area contributed by atoms with Gasteiger partial charge in [0.1, 0.15) is 0 Å². The molecule has 1 saturated heterocycles. The molecule has 0 aromatic heterocycles. The molecule has 86 valence electrons. The molecule has 1 unspecified atom stereocenters. The van der Waals surface area contributed by atoms with Gasteiger partial charge in [0.05, 0.1) is 6.10 Å². The van der Waals surface area contributed by atoms with Crippen LogP contribution in [0.2, 0.25) is 0 Å². The van der Waals surface area contributed by atoms with Gasteiger partial charge in [0.25, 0.3) is 0 Å². The summed E-state index contributed by atoms with van der Waals surface area (Å²) in [5.41, 5.74) is 1.45. The van der Waals surface area contributed by atoms with E-state index in [0.717, 1.165) is 19.4 Å². The van der Waals surface area contributed by atoms with Gasteiger partial charge < -0.3 is 4.74 Å². The molecule has 1 aliphatic heterocycles. The van der Waals surface area contributed by atoms with Crippen LogP contribution in [-0.2, 0) is 11.2 Å². The Balaban J connectivity index is 1.58. The quantitative estimate of drug-likeness (QED) is 0.682. The minimum absolute atomic E-state index is 0.449. The van der Waals surface area contributed by atoms with Crippen molar-refractivity contribution in [3.63, 3.8) is 0 Å². The monoisotopic (exact) mass is 216 g/mol. The van der Waals surface area contributed by atoms with E-state index in [1.54, 1.807) is 0 Å². The van der Waals surface area contributed by atoms with Crippen molar-refractivity contribution >= 4 is 0 Å². The molecule has 2 radical (unpaired) electrons. The van der Waals surface area contributed by atoms with Crippen LogP contribution < -0.4 is 0 Å². The van der Waals surface area contributed by atoms with Gasteiger partial charge in [0.15, 0.2) is 0 Å². The lowest BCUT2D eigenvalue weighted by molar-refractivity contribution is 0.0272. The highest BCUT2D eigenvalue weighted by Crippen LogP contribution is 2.17. The maximum atomic E-state index is 5.67. The molecule has 1 aromatic rings. The maximum Gasteiger partial charge on any atom is 0.0580 e. The normalized spacial score (nSPS) is 20.9. The molecule has 2 rings (SSSR count). The smallest absolute Gasteiger partial charge is 0.0580 e. The Morgan fingerprint density at radius 2 is 2.06 bits per heavy atom. The number of hydrogen-bond acceptors (Lipinski definition) is 1. The highest BCUT2D eigenvalue weighted by Gasteiger charge is 2.13. The summed E-state index contributed by atoms with van der Waals surface area (Å²) in [4.78, 5) is 0. The van der Waals surface area contributed by atoms with Crippen molar-refractivity contribution in [3.05, 3.63) is 42.3 Å². The van der Waals surface area contributed by atoms with E-state index in [1.165, 1.54) is 31.2 Å². The molecule has 16 heavy (non-hydrogen) atoms. The van der Waals surface area contributed by atoms with E-state index in [4.69, 9.17) is 4.74 Å². The van der Waals surface area contributed by atoms with Gasteiger partial charge in [-0.25, -0.2) is 0 Å². The first kappa shape index (κ1) is 11.7. The fraction of sp³-hybridized carbons (Fsp3) is 0.533. The molecule has 1 heteroatoms. The third-order valence-electron chi connectivity index (χ3n) is 3.09. The molecule has 0 bridgehead atoms. The van der Waals surface area contributed by atoms with Gasteiger partial charge in [-0.2, -0.15) is 0 Å². The lowest BCUT2D eigenvalue weighted by Gasteiger charge is -2.21. The van der Waals surface area contributed by atoms with Crippen LogP contribution in [0.4, 0.5) is 0 Å².